The quantitative estimate of drug-likeness (QED) is 0.897. The van der Waals surface area contributed by atoms with Gasteiger partial charge in [0.25, 0.3) is 0 Å². The third kappa shape index (κ3) is 3.66. The van der Waals surface area contributed by atoms with Gasteiger partial charge in [0.05, 0.1) is 11.4 Å². The number of carbonyl (C=O) groups is 1. The molecule has 0 unspecified atom stereocenters. The Morgan fingerprint density at radius 3 is 2.62 bits per heavy atom. The highest BCUT2D eigenvalue weighted by Gasteiger charge is 2.28. The van der Waals surface area contributed by atoms with Crippen LogP contribution in [0.1, 0.15) is 25.8 Å². The first-order valence-electron chi connectivity index (χ1n) is 6.98. The summed E-state index contributed by atoms with van der Waals surface area (Å²) in [7, 11) is -3.21. The average molecular weight is 311 g/mol. The molecule has 0 radical (unpaired) electrons. The molecule has 1 heterocycles. The van der Waals surface area contributed by atoms with Gasteiger partial charge in [-0.1, -0.05) is 6.07 Å². The molecule has 21 heavy (non-hydrogen) atoms. The van der Waals surface area contributed by atoms with Crippen molar-refractivity contribution in [2.24, 2.45) is 0 Å². The van der Waals surface area contributed by atoms with Gasteiger partial charge in [0, 0.05) is 18.3 Å². The molecule has 1 aliphatic heterocycles. The van der Waals surface area contributed by atoms with E-state index < -0.39 is 10.0 Å². The zero-order valence-electron chi connectivity index (χ0n) is 12.5. The van der Waals surface area contributed by atoms with Crippen molar-refractivity contribution in [1.82, 2.24) is 5.32 Å². The lowest BCUT2D eigenvalue weighted by Crippen LogP contribution is -2.34. The number of hydrogen-bond donors (Lipinski definition) is 2. The number of hydrogen-bond acceptors (Lipinski definition) is 3. The minimum atomic E-state index is -3.21. The monoisotopic (exact) mass is 311 g/mol. The van der Waals surface area contributed by atoms with Crippen LogP contribution < -0.4 is 14.9 Å². The number of sulfonamides is 1. The van der Waals surface area contributed by atoms with Crippen molar-refractivity contribution in [3.8, 4) is 0 Å². The fraction of sp³-hybridized carbons (Fsp3) is 0.500. The predicted molar refractivity (Wildman–Crippen MR) is 84.2 cm³/mol. The lowest BCUT2D eigenvalue weighted by atomic mass is 10.2. The fourth-order valence-corrected chi connectivity index (χ4v) is 3.81. The number of amides is 2. The normalized spacial score (nSPS) is 17.0. The molecule has 0 saturated carbocycles. The molecule has 1 fully saturated rings. The Labute approximate surface area is 125 Å². The first-order valence-corrected chi connectivity index (χ1v) is 8.59. The summed E-state index contributed by atoms with van der Waals surface area (Å²) in [6.45, 7) is 6.11. The average Bonchev–Trinajstić information content (AvgIpc) is 2.71. The van der Waals surface area contributed by atoms with Crippen molar-refractivity contribution in [2.45, 2.75) is 33.2 Å². The molecule has 0 aliphatic carbocycles. The van der Waals surface area contributed by atoms with Crippen molar-refractivity contribution in [3.63, 3.8) is 0 Å². The third-order valence-corrected chi connectivity index (χ3v) is 5.15. The Balaban J connectivity index is 2.23. The van der Waals surface area contributed by atoms with Gasteiger partial charge in [0.1, 0.15) is 0 Å². The summed E-state index contributed by atoms with van der Waals surface area (Å²) in [6.07, 6.45) is 0.632. The second kappa shape index (κ2) is 5.93. The van der Waals surface area contributed by atoms with Crippen LogP contribution in [0.25, 0.3) is 0 Å². The maximum absolute atomic E-state index is 12.0. The highest BCUT2D eigenvalue weighted by atomic mass is 32.2. The van der Waals surface area contributed by atoms with Gasteiger partial charge in [0.15, 0.2) is 0 Å². The van der Waals surface area contributed by atoms with Crippen LogP contribution in [0.2, 0.25) is 0 Å². The van der Waals surface area contributed by atoms with E-state index in [1.807, 2.05) is 26.8 Å². The van der Waals surface area contributed by atoms with Gasteiger partial charge < -0.3 is 10.6 Å². The summed E-state index contributed by atoms with van der Waals surface area (Å²) in [6, 6.07) is 5.03. The van der Waals surface area contributed by atoms with E-state index in [9.17, 15) is 13.2 Å². The van der Waals surface area contributed by atoms with Crippen molar-refractivity contribution in [3.05, 3.63) is 23.8 Å². The summed E-state index contributed by atoms with van der Waals surface area (Å²) in [5.41, 5.74) is 2.10. The standard InChI is InChI=1S/C14H21N3O3S/c1-10(2)15-14(18)16-13-9-12(6-5-11(13)3)17-7-4-8-21(17,19)20/h5-6,9-10H,4,7-8H2,1-3H3,(H2,15,16,18). The minimum absolute atomic E-state index is 0.0347. The van der Waals surface area contributed by atoms with E-state index in [-0.39, 0.29) is 17.8 Å². The molecule has 0 spiro atoms. The summed E-state index contributed by atoms with van der Waals surface area (Å²) in [5, 5.41) is 5.50. The molecule has 1 aromatic carbocycles. The smallest absolute Gasteiger partial charge is 0.319 e. The second-order valence-corrected chi connectivity index (χ2v) is 7.51. The topological polar surface area (TPSA) is 78.5 Å². The van der Waals surface area contributed by atoms with Gasteiger partial charge >= 0.3 is 6.03 Å². The summed E-state index contributed by atoms with van der Waals surface area (Å²) < 4.78 is 25.3. The molecule has 1 aromatic rings. The number of rotatable bonds is 3. The van der Waals surface area contributed by atoms with Gasteiger partial charge in [-0.05, 0) is 44.9 Å². The van der Waals surface area contributed by atoms with Crippen molar-refractivity contribution >= 4 is 27.4 Å². The summed E-state index contributed by atoms with van der Waals surface area (Å²) in [5.74, 6) is 0.178. The molecule has 6 nitrogen and oxygen atoms in total. The Hall–Kier alpha value is -1.76. The van der Waals surface area contributed by atoms with Crippen LogP contribution >= 0.6 is 0 Å². The van der Waals surface area contributed by atoms with E-state index in [4.69, 9.17) is 0 Å². The van der Waals surface area contributed by atoms with Crippen LogP contribution in [-0.2, 0) is 10.0 Å². The van der Waals surface area contributed by atoms with E-state index in [2.05, 4.69) is 10.6 Å². The largest absolute Gasteiger partial charge is 0.336 e. The molecule has 116 valence electrons. The van der Waals surface area contributed by atoms with Gasteiger partial charge in [-0.2, -0.15) is 0 Å². The first-order chi connectivity index (χ1) is 9.79. The number of benzene rings is 1. The first kappa shape index (κ1) is 15.6. The van der Waals surface area contributed by atoms with Crippen molar-refractivity contribution < 1.29 is 13.2 Å². The molecule has 2 N–H and O–H groups in total. The number of nitrogens with one attached hydrogen (secondary N) is 2. The zero-order chi connectivity index (χ0) is 15.6. The molecule has 0 atom stereocenters. The fourth-order valence-electron chi connectivity index (χ4n) is 2.25. The van der Waals surface area contributed by atoms with Crippen LogP contribution in [-0.4, -0.2) is 32.8 Å². The molecule has 1 saturated heterocycles. The molecule has 7 heteroatoms. The lowest BCUT2D eigenvalue weighted by molar-refractivity contribution is 0.250. The van der Waals surface area contributed by atoms with Crippen LogP contribution in [0.15, 0.2) is 18.2 Å². The SMILES string of the molecule is Cc1ccc(N2CCCS2(=O)=O)cc1NC(=O)NC(C)C. The third-order valence-electron chi connectivity index (χ3n) is 3.28. The Morgan fingerprint density at radius 1 is 1.33 bits per heavy atom. The summed E-state index contributed by atoms with van der Waals surface area (Å²) >= 11 is 0. The molecule has 0 bridgehead atoms. The molecular weight excluding hydrogens is 290 g/mol. The van der Waals surface area contributed by atoms with Gasteiger partial charge in [-0.25, -0.2) is 13.2 Å². The van der Waals surface area contributed by atoms with Gasteiger partial charge in [-0.3, -0.25) is 4.31 Å². The number of nitrogens with zero attached hydrogens (tertiary/aromatic N) is 1. The maximum atomic E-state index is 12.0. The number of anilines is 2. The highest BCUT2D eigenvalue weighted by Crippen LogP contribution is 2.28. The predicted octanol–water partition coefficient (Wildman–Crippen LogP) is 2.06. The minimum Gasteiger partial charge on any atom is -0.336 e. The maximum Gasteiger partial charge on any atom is 0.319 e. The number of aryl methyl sites for hydroxylation is 1. The van der Waals surface area contributed by atoms with E-state index in [1.165, 1.54) is 4.31 Å². The molecule has 1 aliphatic rings. The van der Waals surface area contributed by atoms with Crippen molar-refractivity contribution in [2.75, 3.05) is 21.9 Å². The van der Waals surface area contributed by atoms with Crippen LogP contribution in [0, 0.1) is 6.92 Å². The second-order valence-electron chi connectivity index (χ2n) is 5.49. The van der Waals surface area contributed by atoms with E-state index in [0.29, 0.717) is 24.3 Å². The van der Waals surface area contributed by atoms with E-state index >= 15 is 0 Å². The van der Waals surface area contributed by atoms with Gasteiger partial charge in [-0.15, -0.1) is 0 Å². The Bertz CT molecular complexity index is 641. The van der Waals surface area contributed by atoms with Crippen LogP contribution in [0.3, 0.4) is 0 Å². The Morgan fingerprint density at radius 2 is 2.05 bits per heavy atom. The van der Waals surface area contributed by atoms with Crippen LogP contribution in [0.4, 0.5) is 16.2 Å². The molecule has 2 amide bonds. The lowest BCUT2D eigenvalue weighted by Gasteiger charge is -2.19. The van der Waals surface area contributed by atoms with Gasteiger partial charge in [0.2, 0.25) is 10.0 Å². The molecule has 2 rings (SSSR count). The van der Waals surface area contributed by atoms with Crippen LogP contribution in [0.5, 0.6) is 0 Å². The van der Waals surface area contributed by atoms with Crippen molar-refractivity contribution in [1.29, 1.82) is 0 Å². The Kier molecular flexibility index (Phi) is 4.41. The zero-order valence-corrected chi connectivity index (χ0v) is 13.3. The highest BCUT2D eigenvalue weighted by molar-refractivity contribution is 7.93. The number of carbonyl (C=O) groups excluding carboxylic acids is 1. The van der Waals surface area contributed by atoms with E-state index in [1.54, 1.807) is 12.1 Å². The van der Waals surface area contributed by atoms with E-state index in [0.717, 1.165) is 5.56 Å². The number of urea groups is 1. The molecular formula is C14H21N3O3S. The summed E-state index contributed by atoms with van der Waals surface area (Å²) in [4.78, 5) is 11.8. The molecule has 0 aromatic heterocycles.